The maximum absolute atomic E-state index is 12.7. The topological polar surface area (TPSA) is 166 Å². The van der Waals surface area contributed by atoms with Gasteiger partial charge < -0.3 is 26.0 Å². The lowest BCUT2D eigenvalue weighted by molar-refractivity contribution is -0.138. The van der Waals surface area contributed by atoms with Gasteiger partial charge in [0.25, 0.3) is 11.8 Å². The Kier molecular flexibility index (Phi) is 12.5. The van der Waals surface area contributed by atoms with Crippen LogP contribution in [0.25, 0.3) is 0 Å². The van der Waals surface area contributed by atoms with E-state index < -0.39 is 64.2 Å². The van der Waals surface area contributed by atoms with Crippen LogP contribution in [0, 0.1) is 22.7 Å². The van der Waals surface area contributed by atoms with Gasteiger partial charge in [-0.05, 0) is 56.7 Å². The van der Waals surface area contributed by atoms with E-state index in [0.717, 1.165) is 25.1 Å². The first-order chi connectivity index (χ1) is 18.2. The van der Waals surface area contributed by atoms with Crippen LogP contribution in [-0.2, 0) is 21.9 Å². The number of anilines is 2. The number of nitrogens with one attached hydrogen (secondary N) is 2. The third kappa shape index (κ3) is 10.1. The van der Waals surface area contributed by atoms with Crippen LogP contribution in [0.3, 0.4) is 0 Å². The van der Waals surface area contributed by atoms with Crippen LogP contribution in [0.5, 0.6) is 0 Å². The Morgan fingerprint density at radius 1 is 0.780 bits per heavy atom. The molecule has 0 fully saturated rings. The van der Waals surface area contributed by atoms with Gasteiger partial charge in [-0.1, -0.05) is 14.4 Å². The van der Waals surface area contributed by atoms with Crippen LogP contribution < -0.4 is 10.6 Å². The van der Waals surface area contributed by atoms with Gasteiger partial charge in [-0.15, -0.1) is 0 Å². The highest BCUT2D eigenvalue weighted by molar-refractivity contribution is 5.97. The van der Waals surface area contributed by atoms with Crippen molar-refractivity contribution < 1.29 is 51.3 Å². The van der Waals surface area contributed by atoms with Gasteiger partial charge in [-0.3, -0.25) is 9.59 Å². The first-order valence-electron chi connectivity index (χ1n) is 11.1. The number of nitrogens with zero attached hydrogens (tertiary/aromatic N) is 2. The Morgan fingerprint density at radius 3 is 1.39 bits per heavy atom. The number of amides is 2. The maximum atomic E-state index is 12.7. The van der Waals surface area contributed by atoms with Crippen molar-refractivity contribution in [2.75, 3.05) is 17.2 Å². The van der Waals surface area contributed by atoms with Crippen LogP contribution in [0.2, 0.25) is 0 Å². The molecule has 0 radical (unpaired) electrons. The van der Waals surface area contributed by atoms with E-state index in [4.69, 9.17) is 15.6 Å². The Morgan fingerprint density at radius 2 is 1.12 bits per heavy atom. The minimum Gasteiger partial charge on any atom is -0.393 e. The molecule has 0 aromatic heterocycles. The molecule has 0 aliphatic rings. The molecule has 0 aliphatic heterocycles. The van der Waals surface area contributed by atoms with E-state index in [-0.39, 0.29) is 25.2 Å². The zero-order valence-corrected chi connectivity index (χ0v) is 21.2. The Bertz CT molecular complexity index is 1220. The van der Waals surface area contributed by atoms with Crippen LogP contribution in [0.15, 0.2) is 36.4 Å². The molecule has 0 saturated carbocycles. The standard InChI is InChI=1S/C13H13F3N2O2.C12H11F3N2O3.CH4/c1-3-12(2,20)11(19)18-9-5-4-8(7-17)10(6-9)13(14,15)16;1-11(20,6-18)10(19)17-8-3-2-7(5-16)9(4-8)12(13,14)15;/h4-6,20H,3H2,1-2H3,(H,18,19);2-4,18,20H,6H2,1H3,(H,17,19);1H4. The summed E-state index contributed by atoms with van der Waals surface area (Å²) in [5.74, 6) is -1.87. The predicted octanol–water partition coefficient (Wildman–Crippen LogP) is 4.57. The first-order valence-corrected chi connectivity index (χ1v) is 11.1. The molecule has 15 heteroatoms. The Balaban J connectivity index is 0.000000762. The van der Waals surface area contributed by atoms with Crippen molar-refractivity contribution in [2.45, 2.75) is 58.2 Å². The molecule has 9 nitrogen and oxygen atoms in total. The van der Waals surface area contributed by atoms with Crippen LogP contribution >= 0.6 is 0 Å². The van der Waals surface area contributed by atoms with Gasteiger partial charge in [0, 0.05) is 11.4 Å². The highest BCUT2D eigenvalue weighted by Crippen LogP contribution is 2.34. The number of nitriles is 2. The summed E-state index contributed by atoms with van der Waals surface area (Å²) in [5, 5.41) is 49.4. The van der Waals surface area contributed by atoms with Crippen molar-refractivity contribution in [3.8, 4) is 12.1 Å². The zero-order chi connectivity index (χ0) is 31.1. The lowest BCUT2D eigenvalue weighted by Gasteiger charge is -2.20. The molecular weight excluding hydrogens is 562 g/mol. The van der Waals surface area contributed by atoms with Gasteiger partial charge in [0.1, 0.15) is 5.60 Å². The molecule has 2 aromatic carbocycles. The molecule has 2 unspecified atom stereocenters. The molecule has 224 valence electrons. The number of hydrogen-bond donors (Lipinski definition) is 5. The van der Waals surface area contributed by atoms with E-state index in [1.807, 2.05) is 5.32 Å². The molecule has 41 heavy (non-hydrogen) atoms. The van der Waals surface area contributed by atoms with Crippen molar-refractivity contribution in [1.29, 1.82) is 10.5 Å². The SMILES string of the molecule is C.CC(O)(CO)C(=O)Nc1ccc(C#N)c(C(F)(F)F)c1.CCC(C)(O)C(=O)Nc1ccc(C#N)c(C(F)(F)F)c1. The number of carbonyl (C=O) groups excluding carboxylic acids is 2. The fraction of sp³-hybridized carbons (Fsp3) is 0.385. The van der Waals surface area contributed by atoms with E-state index in [1.165, 1.54) is 25.1 Å². The molecule has 5 N–H and O–H groups in total. The quantitative estimate of drug-likeness (QED) is 0.307. The van der Waals surface area contributed by atoms with Crippen LogP contribution in [-0.4, -0.2) is 44.9 Å². The van der Waals surface area contributed by atoms with Crippen molar-refractivity contribution in [3.05, 3.63) is 58.7 Å². The number of rotatable bonds is 6. The first kappa shape index (κ1) is 36.8. The average Bonchev–Trinajstić information content (AvgIpc) is 2.87. The smallest absolute Gasteiger partial charge is 0.393 e. The molecule has 0 spiro atoms. The zero-order valence-electron chi connectivity index (χ0n) is 21.2. The molecule has 2 amide bonds. The second kappa shape index (κ2) is 13.9. The molecule has 0 bridgehead atoms. The van der Waals surface area contributed by atoms with Gasteiger partial charge in [0.15, 0.2) is 5.60 Å². The summed E-state index contributed by atoms with van der Waals surface area (Å²) in [7, 11) is 0. The van der Waals surface area contributed by atoms with Crippen LogP contribution in [0.1, 0.15) is 56.9 Å². The monoisotopic (exact) mass is 590 g/mol. The third-order valence-electron chi connectivity index (χ3n) is 5.38. The average molecular weight is 591 g/mol. The molecular formula is C26H28F6N4O5. The normalized spacial score (nSPS) is 13.9. The summed E-state index contributed by atoms with van der Waals surface area (Å²) in [4.78, 5) is 23.2. The summed E-state index contributed by atoms with van der Waals surface area (Å²) in [6.07, 6.45) is -9.33. The summed E-state index contributed by atoms with van der Waals surface area (Å²) in [6, 6.07) is 8.25. The third-order valence-corrected chi connectivity index (χ3v) is 5.38. The molecule has 0 saturated heterocycles. The number of halogens is 6. The van der Waals surface area contributed by atoms with Gasteiger partial charge in [0.05, 0.1) is 41.0 Å². The summed E-state index contributed by atoms with van der Waals surface area (Å²) in [6.45, 7) is 2.95. The minimum absolute atomic E-state index is 0. The molecule has 2 aromatic rings. The van der Waals surface area contributed by atoms with Gasteiger partial charge in [0.2, 0.25) is 0 Å². The lowest BCUT2D eigenvalue weighted by atomic mass is 10.0. The number of hydrogen-bond acceptors (Lipinski definition) is 7. The molecule has 0 heterocycles. The lowest BCUT2D eigenvalue weighted by Crippen LogP contribution is -2.43. The van der Waals surface area contributed by atoms with E-state index in [2.05, 4.69) is 5.32 Å². The number of alkyl halides is 6. The predicted molar refractivity (Wildman–Crippen MR) is 135 cm³/mol. The number of carbonyl (C=O) groups is 2. The molecule has 0 aliphatic carbocycles. The van der Waals surface area contributed by atoms with Crippen molar-refractivity contribution in [3.63, 3.8) is 0 Å². The fourth-order valence-corrected chi connectivity index (χ4v) is 2.67. The summed E-state index contributed by atoms with van der Waals surface area (Å²) in [5.41, 5.74) is -7.60. The summed E-state index contributed by atoms with van der Waals surface area (Å²) >= 11 is 0. The van der Waals surface area contributed by atoms with Gasteiger partial charge in [-0.2, -0.15) is 36.9 Å². The van der Waals surface area contributed by atoms with E-state index in [1.54, 1.807) is 6.92 Å². The van der Waals surface area contributed by atoms with E-state index >= 15 is 0 Å². The highest BCUT2D eigenvalue weighted by atomic mass is 19.4. The van der Waals surface area contributed by atoms with Crippen molar-refractivity contribution in [2.24, 2.45) is 0 Å². The fourth-order valence-electron chi connectivity index (χ4n) is 2.67. The second-order valence-electron chi connectivity index (χ2n) is 8.71. The minimum atomic E-state index is -4.74. The van der Waals surface area contributed by atoms with E-state index in [0.29, 0.717) is 12.1 Å². The van der Waals surface area contributed by atoms with Crippen LogP contribution in [0.4, 0.5) is 37.7 Å². The van der Waals surface area contributed by atoms with Crippen molar-refractivity contribution in [1.82, 2.24) is 0 Å². The largest absolute Gasteiger partial charge is 0.417 e. The van der Waals surface area contributed by atoms with Gasteiger partial charge in [-0.25, -0.2) is 0 Å². The Hall–Kier alpha value is -4.18. The molecule has 2 rings (SSSR count). The molecule has 2 atom stereocenters. The van der Waals surface area contributed by atoms with Gasteiger partial charge >= 0.3 is 12.4 Å². The second-order valence-corrected chi connectivity index (χ2v) is 8.71. The number of aliphatic hydroxyl groups excluding tert-OH is 1. The number of benzene rings is 2. The Labute approximate surface area is 231 Å². The van der Waals surface area contributed by atoms with Crippen molar-refractivity contribution >= 4 is 23.2 Å². The highest BCUT2D eigenvalue weighted by Gasteiger charge is 2.36. The maximum Gasteiger partial charge on any atom is 0.417 e. The summed E-state index contributed by atoms with van der Waals surface area (Å²) < 4.78 is 76.3. The van der Waals surface area contributed by atoms with E-state index in [9.17, 15) is 46.1 Å². The number of aliphatic hydroxyl groups is 3.